The van der Waals surface area contributed by atoms with Crippen LogP contribution in [0.2, 0.25) is 0 Å². The zero-order valence-electron chi connectivity index (χ0n) is 18.1. The van der Waals surface area contributed by atoms with Gasteiger partial charge in [-0.3, -0.25) is 0 Å². The van der Waals surface area contributed by atoms with E-state index in [1.54, 1.807) is 7.11 Å². The van der Waals surface area contributed by atoms with Crippen LogP contribution in [-0.4, -0.2) is 30.6 Å². The molecule has 0 N–H and O–H groups in total. The molecule has 3 atom stereocenters. The van der Waals surface area contributed by atoms with Gasteiger partial charge < -0.3 is 14.2 Å². The largest absolute Gasteiger partial charge is 0.496 e. The van der Waals surface area contributed by atoms with Crippen LogP contribution in [0.5, 0.6) is 11.5 Å². The van der Waals surface area contributed by atoms with E-state index in [-0.39, 0.29) is 22.5 Å². The Labute approximate surface area is 175 Å². The summed E-state index contributed by atoms with van der Waals surface area (Å²) in [5.41, 5.74) is 0.834. The molecule has 4 nitrogen and oxygen atoms in total. The van der Waals surface area contributed by atoms with Gasteiger partial charge in [-0.25, -0.2) is 4.99 Å². The fraction of sp³-hybridized carbons (Fsp3) is 0.458. The lowest BCUT2D eigenvalue weighted by molar-refractivity contribution is 0.173. The summed E-state index contributed by atoms with van der Waals surface area (Å²) in [6, 6.07) is 16.5. The van der Waals surface area contributed by atoms with E-state index in [4.69, 9.17) is 19.2 Å². The van der Waals surface area contributed by atoms with Gasteiger partial charge in [0.2, 0.25) is 0 Å². The molecule has 0 saturated carbocycles. The van der Waals surface area contributed by atoms with Gasteiger partial charge in [0, 0.05) is 0 Å². The normalized spacial score (nSPS) is 23.8. The van der Waals surface area contributed by atoms with Crippen LogP contribution in [0.15, 0.2) is 53.5 Å². The van der Waals surface area contributed by atoms with Gasteiger partial charge >= 0.3 is 0 Å². The Balaban J connectivity index is 1.71. The van der Waals surface area contributed by atoms with Crippen molar-refractivity contribution >= 4 is 19.1 Å². The van der Waals surface area contributed by atoms with Gasteiger partial charge in [-0.15, -0.1) is 0 Å². The lowest BCUT2D eigenvalue weighted by Gasteiger charge is -2.39. The van der Waals surface area contributed by atoms with Crippen LogP contribution in [0, 0.1) is 5.41 Å². The van der Waals surface area contributed by atoms with Crippen molar-refractivity contribution in [3.63, 3.8) is 0 Å². The fourth-order valence-corrected chi connectivity index (χ4v) is 7.48. The van der Waals surface area contributed by atoms with E-state index < -0.39 is 7.92 Å². The third kappa shape index (κ3) is 3.53. The highest BCUT2D eigenvalue weighted by molar-refractivity contribution is 7.68. The molecular weight excluding hydrogens is 381 g/mol. The van der Waals surface area contributed by atoms with Gasteiger partial charge in [-0.05, 0) is 44.6 Å². The lowest BCUT2D eigenvalue weighted by atomic mass is 9.94. The fourth-order valence-electron chi connectivity index (χ4n) is 4.12. The van der Waals surface area contributed by atoms with E-state index in [0.717, 1.165) is 17.4 Å². The Morgan fingerprint density at radius 3 is 2.38 bits per heavy atom. The summed E-state index contributed by atoms with van der Waals surface area (Å²) >= 11 is 0. The van der Waals surface area contributed by atoms with Gasteiger partial charge in [-0.2, -0.15) is 0 Å². The summed E-state index contributed by atoms with van der Waals surface area (Å²) in [4.78, 5) is 4.99. The standard InChI is InChI=1S/C24H30NO3P/c1-23(2,3)29-20-18(26-6)13-10-14-19(20)28-22(29)24(4,5)21-25-17(15-27-21)16-11-8-7-9-12-16/h7-14,17,22H,15H2,1-6H3/t17-,22-,29+/m0/s1. The molecule has 0 fully saturated rings. The van der Waals surface area contributed by atoms with E-state index in [9.17, 15) is 0 Å². The first kappa shape index (κ1) is 20.2. The molecule has 2 aromatic carbocycles. The van der Waals surface area contributed by atoms with Crippen molar-refractivity contribution in [1.29, 1.82) is 0 Å². The topological polar surface area (TPSA) is 40.0 Å². The highest BCUT2D eigenvalue weighted by Crippen LogP contribution is 2.64. The van der Waals surface area contributed by atoms with Crippen LogP contribution in [0.3, 0.4) is 0 Å². The Morgan fingerprint density at radius 1 is 1.00 bits per heavy atom. The number of methoxy groups -OCH3 is 1. The molecule has 4 rings (SSSR count). The number of benzene rings is 2. The summed E-state index contributed by atoms with van der Waals surface area (Å²) in [5.74, 6) is 2.61. The van der Waals surface area contributed by atoms with Crippen molar-refractivity contribution in [2.24, 2.45) is 10.4 Å². The predicted octanol–water partition coefficient (Wildman–Crippen LogP) is 5.52. The van der Waals surface area contributed by atoms with Crippen molar-refractivity contribution in [2.75, 3.05) is 13.7 Å². The molecule has 29 heavy (non-hydrogen) atoms. The van der Waals surface area contributed by atoms with Crippen LogP contribution in [0.1, 0.15) is 46.2 Å². The first-order valence-corrected chi connectivity index (χ1v) is 11.5. The minimum atomic E-state index is -0.673. The van der Waals surface area contributed by atoms with Crippen molar-refractivity contribution in [3.05, 3.63) is 54.1 Å². The molecule has 2 aliphatic rings. The monoisotopic (exact) mass is 411 g/mol. The molecule has 0 spiro atoms. The van der Waals surface area contributed by atoms with E-state index in [0.29, 0.717) is 6.61 Å². The number of nitrogens with zero attached hydrogens (tertiary/aromatic N) is 1. The number of hydrogen-bond donors (Lipinski definition) is 0. The van der Waals surface area contributed by atoms with Crippen molar-refractivity contribution < 1.29 is 14.2 Å². The average Bonchev–Trinajstić information content (AvgIpc) is 3.34. The number of aliphatic imine (C=N–C) groups is 1. The summed E-state index contributed by atoms with van der Waals surface area (Å²) in [6.07, 6.45) is 0. The SMILES string of the molecule is COc1cccc2c1[P@@](C(C)(C)C)[C@@H](C(C)(C)C1=N[C@H](c3ccccc3)CO1)O2. The summed E-state index contributed by atoms with van der Waals surface area (Å²) in [7, 11) is 1.06. The van der Waals surface area contributed by atoms with E-state index in [2.05, 4.69) is 65.0 Å². The van der Waals surface area contributed by atoms with Crippen LogP contribution in [0.4, 0.5) is 0 Å². The van der Waals surface area contributed by atoms with Crippen LogP contribution < -0.4 is 14.8 Å². The molecule has 0 unspecified atom stereocenters. The molecular formula is C24H30NO3P. The third-order valence-corrected chi connectivity index (χ3v) is 9.21. The molecule has 5 heteroatoms. The first-order chi connectivity index (χ1) is 13.7. The highest BCUT2D eigenvalue weighted by atomic mass is 31.1. The molecule has 0 aromatic heterocycles. The van der Waals surface area contributed by atoms with Crippen LogP contribution in [0.25, 0.3) is 0 Å². The molecule has 0 radical (unpaired) electrons. The molecule has 2 heterocycles. The first-order valence-electron chi connectivity index (χ1n) is 10.1. The number of ether oxygens (including phenoxy) is 3. The van der Waals surface area contributed by atoms with Gasteiger partial charge in [0.1, 0.15) is 30.0 Å². The van der Waals surface area contributed by atoms with Crippen molar-refractivity contribution in [2.45, 2.75) is 51.7 Å². The maximum absolute atomic E-state index is 6.59. The van der Waals surface area contributed by atoms with Gasteiger partial charge in [0.15, 0.2) is 5.90 Å². The molecule has 0 saturated heterocycles. The van der Waals surface area contributed by atoms with E-state index in [1.165, 1.54) is 10.9 Å². The predicted molar refractivity (Wildman–Crippen MR) is 120 cm³/mol. The second kappa shape index (κ2) is 7.32. The molecule has 154 valence electrons. The number of fused-ring (bicyclic) bond motifs is 1. The summed E-state index contributed by atoms with van der Waals surface area (Å²) in [5, 5.41) is 1.27. The lowest BCUT2D eigenvalue weighted by Crippen LogP contribution is -2.41. The minimum Gasteiger partial charge on any atom is -0.496 e. The molecule has 2 aliphatic heterocycles. The smallest absolute Gasteiger partial charge is 0.194 e. The van der Waals surface area contributed by atoms with Crippen LogP contribution >= 0.6 is 7.92 Å². The number of hydrogen-bond acceptors (Lipinski definition) is 4. The van der Waals surface area contributed by atoms with Gasteiger partial charge in [-0.1, -0.05) is 57.2 Å². The third-order valence-electron chi connectivity index (χ3n) is 5.62. The van der Waals surface area contributed by atoms with E-state index >= 15 is 0 Å². The Bertz CT molecular complexity index is 917. The Kier molecular flexibility index (Phi) is 5.11. The maximum Gasteiger partial charge on any atom is 0.194 e. The summed E-state index contributed by atoms with van der Waals surface area (Å²) in [6.45, 7) is 11.8. The second-order valence-electron chi connectivity index (χ2n) is 9.21. The van der Waals surface area contributed by atoms with Crippen molar-refractivity contribution in [1.82, 2.24) is 0 Å². The molecule has 0 amide bonds. The van der Waals surface area contributed by atoms with Gasteiger partial charge in [0.25, 0.3) is 0 Å². The zero-order chi connectivity index (χ0) is 20.8. The summed E-state index contributed by atoms with van der Waals surface area (Å²) < 4.78 is 18.5. The second-order valence-corrected chi connectivity index (χ2v) is 12.2. The maximum atomic E-state index is 6.59. The molecule has 0 bridgehead atoms. The average molecular weight is 411 g/mol. The Hall–Kier alpha value is -2.06. The Morgan fingerprint density at radius 2 is 1.72 bits per heavy atom. The number of rotatable bonds is 4. The minimum absolute atomic E-state index is 0.0305. The quantitative estimate of drug-likeness (QED) is 0.623. The highest BCUT2D eigenvalue weighted by Gasteiger charge is 2.53. The van der Waals surface area contributed by atoms with Gasteiger partial charge in [0.05, 0.1) is 17.8 Å². The van der Waals surface area contributed by atoms with Crippen LogP contribution in [-0.2, 0) is 4.74 Å². The van der Waals surface area contributed by atoms with E-state index in [1.807, 2.05) is 18.2 Å². The van der Waals surface area contributed by atoms with Crippen molar-refractivity contribution in [3.8, 4) is 11.5 Å². The zero-order valence-corrected chi connectivity index (χ0v) is 19.0. The molecule has 0 aliphatic carbocycles. The molecule has 2 aromatic rings.